The molecule has 0 saturated carbocycles. The van der Waals surface area contributed by atoms with E-state index in [0.717, 1.165) is 5.69 Å². The Bertz CT molecular complexity index is 692. The molecule has 0 aliphatic heterocycles. The molecule has 0 bridgehead atoms. The number of carbonyl (C=O) groups is 2. The Morgan fingerprint density at radius 1 is 1.25 bits per heavy atom. The lowest BCUT2D eigenvalue weighted by Gasteiger charge is -2.11. The van der Waals surface area contributed by atoms with E-state index in [4.69, 9.17) is 16.7 Å². The quantitative estimate of drug-likeness (QED) is 0.913. The van der Waals surface area contributed by atoms with Crippen molar-refractivity contribution in [3.8, 4) is 0 Å². The second-order valence-corrected chi connectivity index (χ2v) is 4.75. The van der Waals surface area contributed by atoms with Crippen LogP contribution in [-0.2, 0) is 7.05 Å². The molecule has 0 aliphatic carbocycles. The third kappa shape index (κ3) is 2.53. The number of aromatic nitrogens is 1. The molecule has 2 N–H and O–H groups in total. The number of nitrogens with one attached hydrogen (secondary N) is 1. The number of hydrogen-bond donors (Lipinski definition) is 2. The van der Waals surface area contributed by atoms with E-state index in [2.05, 4.69) is 5.32 Å². The molecule has 0 spiro atoms. The number of carboxylic acid groups (broad SMARTS) is 1. The molecule has 0 atom stereocenters. The average molecular weight is 293 g/mol. The van der Waals surface area contributed by atoms with E-state index in [9.17, 15) is 9.59 Å². The van der Waals surface area contributed by atoms with Gasteiger partial charge in [-0.25, -0.2) is 4.79 Å². The molecule has 1 heterocycles. The zero-order chi connectivity index (χ0) is 14.9. The van der Waals surface area contributed by atoms with E-state index >= 15 is 0 Å². The smallest absolute Gasteiger partial charge is 0.337 e. The number of rotatable bonds is 3. The molecule has 20 heavy (non-hydrogen) atoms. The van der Waals surface area contributed by atoms with Gasteiger partial charge in [0.1, 0.15) is 5.69 Å². The highest BCUT2D eigenvalue weighted by Crippen LogP contribution is 2.26. The van der Waals surface area contributed by atoms with Gasteiger partial charge < -0.3 is 15.0 Å². The number of amides is 1. The van der Waals surface area contributed by atoms with Gasteiger partial charge in [-0.05, 0) is 31.2 Å². The number of anilines is 1. The molecule has 2 rings (SSSR count). The number of benzene rings is 1. The van der Waals surface area contributed by atoms with E-state index < -0.39 is 11.9 Å². The molecule has 0 unspecified atom stereocenters. The highest BCUT2D eigenvalue weighted by molar-refractivity contribution is 6.34. The van der Waals surface area contributed by atoms with Gasteiger partial charge in [0.25, 0.3) is 5.91 Å². The van der Waals surface area contributed by atoms with Gasteiger partial charge in [0.05, 0.1) is 16.3 Å². The lowest BCUT2D eigenvalue weighted by atomic mass is 10.1. The fraction of sp³-hybridized carbons (Fsp3) is 0.143. The molecule has 0 aliphatic rings. The second kappa shape index (κ2) is 5.38. The minimum absolute atomic E-state index is 0.0446. The SMILES string of the molecule is Cc1ccc(C(=O)Nc2c(Cl)cccc2C(=O)O)n1C. The van der Waals surface area contributed by atoms with Crippen LogP contribution < -0.4 is 5.32 Å². The van der Waals surface area contributed by atoms with Crippen LogP contribution in [0.2, 0.25) is 5.02 Å². The van der Waals surface area contributed by atoms with Crippen LogP contribution in [0.5, 0.6) is 0 Å². The fourth-order valence-electron chi connectivity index (χ4n) is 1.85. The summed E-state index contributed by atoms with van der Waals surface area (Å²) in [6, 6.07) is 7.91. The van der Waals surface area contributed by atoms with E-state index in [1.54, 1.807) is 23.7 Å². The molecule has 0 saturated heterocycles. The first kappa shape index (κ1) is 14.1. The first-order valence-corrected chi connectivity index (χ1v) is 6.25. The summed E-state index contributed by atoms with van der Waals surface area (Å²) < 4.78 is 1.71. The Morgan fingerprint density at radius 3 is 2.50 bits per heavy atom. The Balaban J connectivity index is 2.38. The van der Waals surface area contributed by atoms with Crippen molar-refractivity contribution in [3.05, 3.63) is 52.3 Å². The maximum absolute atomic E-state index is 12.2. The van der Waals surface area contributed by atoms with Gasteiger partial charge in [0.15, 0.2) is 0 Å². The van der Waals surface area contributed by atoms with E-state index in [0.29, 0.717) is 5.69 Å². The maximum Gasteiger partial charge on any atom is 0.337 e. The summed E-state index contributed by atoms with van der Waals surface area (Å²) >= 11 is 5.97. The van der Waals surface area contributed by atoms with E-state index in [-0.39, 0.29) is 16.3 Å². The molecule has 5 nitrogen and oxygen atoms in total. The largest absolute Gasteiger partial charge is 0.478 e. The minimum Gasteiger partial charge on any atom is -0.478 e. The number of carbonyl (C=O) groups excluding carboxylic acids is 1. The first-order valence-electron chi connectivity index (χ1n) is 5.87. The second-order valence-electron chi connectivity index (χ2n) is 4.34. The lowest BCUT2D eigenvalue weighted by molar-refractivity contribution is 0.0698. The Labute approximate surface area is 120 Å². The summed E-state index contributed by atoms with van der Waals surface area (Å²) in [5.41, 5.74) is 1.41. The van der Waals surface area contributed by atoms with E-state index in [1.807, 2.05) is 6.92 Å². The van der Waals surface area contributed by atoms with Crippen LogP contribution in [0, 0.1) is 6.92 Å². The van der Waals surface area contributed by atoms with Crippen molar-refractivity contribution in [2.24, 2.45) is 7.05 Å². The number of aromatic carboxylic acids is 1. The Kier molecular flexibility index (Phi) is 3.81. The molecule has 104 valence electrons. The normalized spacial score (nSPS) is 10.3. The number of nitrogens with zero attached hydrogens (tertiary/aromatic N) is 1. The topological polar surface area (TPSA) is 71.3 Å². The van der Waals surface area contributed by atoms with Crippen molar-refractivity contribution in [1.29, 1.82) is 0 Å². The number of para-hydroxylation sites is 1. The summed E-state index contributed by atoms with van der Waals surface area (Å²) in [6.07, 6.45) is 0. The van der Waals surface area contributed by atoms with Gasteiger partial charge in [-0.15, -0.1) is 0 Å². The highest BCUT2D eigenvalue weighted by atomic mass is 35.5. The molecule has 0 radical (unpaired) electrons. The molecular formula is C14H13ClN2O3. The molecule has 0 fully saturated rings. The number of aryl methyl sites for hydroxylation is 1. The average Bonchev–Trinajstić information content (AvgIpc) is 2.72. The van der Waals surface area contributed by atoms with Crippen LogP contribution in [0.1, 0.15) is 26.5 Å². The third-order valence-corrected chi connectivity index (χ3v) is 3.40. The highest BCUT2D eigenvalue weighted by Gasteiger charge is 2.18. The summed E-state index contributed by atoms with van der Waals surface area (Å²) in [7, 11) is 1.76. The predicted octanol–water partition coefficient (Wildman–Crippen LogP) is 2.94. The number of halogens is 1. The summed E-state index contributed by atoms with van der Waals surface area (Å²) in [5, 5.41) is 11.9. The van der Waals surface area contributed by atoms with Gasteiger partial charge in [0.2, 0.25) is 0 Å². The van der Waals surface area contributed by atoms with Crippen molar-refractivity contribution in [1.82, 2.24) is 4.57 Å². The predicted molar refractivity (Wildman–Crippen MR) is 76.5 cm³/mol. The number of carboxylic acids is 1. The summed E-state index contributed by atoms with van der Waals surface area (Å²) in [5.74, 6) is -1.55. The van der Waals surface area contributed by atoms with E-state index in [1.165, 1.54) is 18.2 Å². The van der Waals surface area contributed by atoms with Crippen molar-refractivity contribution in [2.75, 3.05) is 5.32 Å². The molecule has 1 aromatic carbocycles. The monoisotopic (exact) mass is 292 g/mol. The van der Waals surface area contributed by atoms with Crippen molar-refractivity contribution in [3.63, 3.8) is 0 Å². The molecule has 2 aromatic rings. The lowest BCUT2D eigenvalue weighted by Crippen LogP contribution is -2.18. The summed E-state index contributed by atoms with van der Waals surface area (Å²) in [6.45, 7) is 1.87. The van der Waals surface area contributed by atoms with Crippen molar-refractivity contribution in [2.45, 2.75) is 6.92 Å². The first-order chi connectivity index (χ1) is 9.41. The van der Waals surface area contributed by atoms with Crippen LogP contribution in [0.15, 0.2) is 30.3 Å². The van der Waals surface area contributed by atoms with Crippen molar-refractivity contribution >= 4 is 29.2 Å². The van der Waals surface area contributed by atoms with Crippen LogP contribution in [-0.4, -0.2) is 21.6 Å². The minimum atomic E-state index is -1.15. The zero-order valence-electron chi connectivity index (χ0n) is 11.0. The zero-order valence-corrected chi connectivity index (χ0v) is 11.7. The van der Waals surface area contributed by atoms with Crippen LogP contribution in [0.3, 0.4) is 0 Å². The van der Waals surface area contributed by atoms with Crippen molar-refractivity contribution < 1.29 is 14.7 Å². The number of hydrogen-bond acceptors (Lipinski definition) is 2. The third-order valence-electron chi connectivity index (χ3n) is 3.09. The Morgan fingerprint density at radius 2 is 1.95 bits per heavy atom. The molecule has 1 amide bonds. The van der Waals surface area contributed by atoms with Gasteiger partial charge >= 0.3 is 5.97 Å². The molecular weight excluding hydrogens is 280 g/mol. The van der Waals surface area contributed by atoms with Crippen LogP contribution in [0.25, 0.3) is 0 Å². The molecule has 1 aromatic heterocycles. The van der Waals surface area contributed by atoms with Crippen LogP contribution in [0.4, 0.5) is 5.69 Å². The molecule has 6 heteroatoms. The van der Waals surface area contributed by atoms with Gasteiger partial charge in [-0.3, -0.25) is 4.79 Å². The standard InChI is InChI=1S/C14H13ClN2O3/c1-8-6-7-11(17(8)2)13(18)16-12-9(14(19)20)4-3-5-10(12)15/h3-7H,1-2H3,(H,16,18)(H,19,20). The maximum atomic E-state index is 12.2. The fourth-order valence-corrected chi connectivity index (χ4v) is 2.07. The van der Waals surface area contributed by atoms with Crippen LogP contribution >= 0.6 is 11.6 Å². The summed E-state index contributed by atoms with van der Waals surface area (Å²) in [4.78, 5) is 23.3. The van der Waals surface area contributed by atoms with Gasteiger partial charge in [-0.1, -0.05) is 17.7 Å². The van der Waals surface area contributed by atoms with Gasteiger partial charge in [0, 0.05) is 12.7 Å². The van der Waals surface area contributed by atoms with Gasteiger partial charge in [-0.2, -0.15) is 0 Å². The Hall–Kier alpha value is -2.27.